The second-order valence-electron chi connectivity index (χ2n) is 8.13. The number of morpholine rings is 1. The number of halogens is 1. The number of nitrogens with zero attached hydrogens (tertiary/aromatic N) is 3. The summed E-state index contributed by atoms with van der Waals surface area (Å²) in [6, 6.07) is 13.7. The van der Waals surface area contributed by atoms with Crippen LogP contribution in [0, 0.1) is 5.82 Å². The summed E-state index contributed by atoms with van der Waals surface area (Å²) in [6.07, 6.45) is 3.42. The van der Waals surface area contributed by atoms with Crippen molar-refractivity contribution in [3.8, 4) is 11.1 Å². The normalized spacial score (nSPS) is 14.2. The van der Waals surface area contributed by atoms with E-state index in [0.717, 1.165) is 72.3 Å². The number of aromatic amines is 1. The third-order valence-electron chi connectivity index (χ3n) is 5.71. The van der Waals surface area contributed by atoms with Crippen molar-refractivity contribution in [1.82, 2.24) is 19.9 Å². The molecule has 1 aliphatic heterocycles. The van der Waals surface area contributed by atoms with E-state index in [1.165, 1.54) is 24.1 Å². The number of hydrogen-bond donors (Lipinski definition) is 3. The summed E-state index contributed by atoms with van der Waals surface area (Å²) in [7, 11) is 0. The van der Waals surface area contributed by atoms with Gasteiger partial charge >= 0.3 is 0 Å². The molecule has 0 radical (unpaired) electrons. The van der Waals surface area contributed by atoms with Crippen molar-refractivity contribution in [2.45, 2.75) is 4.90 Å². The van der Waals surface area contributed by atoms with Gasteiger partial charge in [-0.05, 0) is 60.0 Å². The molecule has 1 saturated heterocycles. The molecular weight excluding hydrogens is 467 g/mol. The molecule has 10 heteroatoms. The number of nitrogens with one attached hydrogen (secondary N) is 3. The number of fused-ring (bicyclic) bond motifs is 1. The molecule has 2 aromatic heterocycles. The van der Waals surface area contributed by atoms with Crippen LogP contribution in [0.3, 0.4) is 0 Å². The van der Waals surface area contributed by atoms with Crippen molar-refractivity contribution in [1.29, 1.82) is 0 Å². The van der Waals surface area contributed by atoms with E-state index in [-0.39, 0.29) is 11.4 Å². The maximum Gasteiger partial charge on any atom is 0.272 e. The van der Waals surface area contributed by atoms with Gasteiger partial charge in [-0.3, -0.25) is 14.7 Å². The van der Waals surface area contributed by atoms with Gasteiger partial charge in [0, 0.05) is 42.8 Å². The van der Waals surface area contributed by atoms with E-state index in [2.05, 4.69) is 24.9 Å². The van der Waals surface area contributed by atoms with Crippen molar-refractivity contribution in [3.05, 3.63) is 77.1 Å². The van der Waals surface area contributed by atoms with E-state index in [0.29, 0.717) is 5.69 Å². The SMILES string of the molecule is O=c1[nH]cc(-c2ccc3ncc(NCCN4CCOCC4)nc3c2)cc1NSc1ccc(F)cc1. The fourth-order valence-electron chi connectivity index (χ4n) is 3.79. The van der Waals surface area contributed by atoms with Crippen molar-refractivity contribution < 1.29 is 9.13 Å². The lowest BCUT2D eigenvalue weighted by atomic mass is 10.1. The maximum absolute atomic E-state index is 13.1. The Morgan fingerprint density at radius 2 is 1.89 bits per heavy atom. The van der Waals surface area contributed by atoms with E-state index in [1.54, 1.807) is 30.6 Å². The number of aromatic nitrogens is 3. The monoisotopic (exact) mass is 492 g/mol. The Morgan fingerprint density at radius 1 is 1.06 bits per heavy atom. The summed E-state index contributed by atoms with van der Waals surface area (Å²) >= 11 is 1.24. The van der Waals surface area contributed by atoms with E-state index in [9.17, 15) is 9.18 Å². The lowest BCUT2D eigenvalue weighted by molar-refractivity contribution is 0.0398. The maximum atomic E-state index is 13.1. The molecular formula is C25H25FN6O2S. The van der Waals surface area contributed by atoms with Gasteiger partial charge < -0.3 is 19.8 Å². The average Bonchev–Trinajstić information content (AvgIpc) is 2.89. The molecule has 1 aliphatic rings. The molecule has 0 unspecified atom stereocenters. The molecule has 1 fully saturated rings. The number of pyridine rings is 1. The fourth-order valence-corrected chi connectivity index (χ4v) is 4.44. The van der Waals surface area contributed by atoms with E-state index >= 15 is 0 Å². The van der Waals surface area contributed by atoms with Crippen LogP contribution < -0.4 is 15.6 Å². The fraction of sp³-hybridized carbons (Fsp3) is 0.240. The van der Waals surface area contributed by atoms with Crippen LogP contribution in [0.1, 0.15) is 0 Å². The first kappa shape index (κ1) is 23.3. The van der Waals surface area contributed by atoms with Crippen LogP contribution in [0.25, 0.3) is 22.2 Å². The van der Waals surface area contributed by atoms with Gasteiger partial charge in [0.05, 0.1) is 30.4 Å². The first-order valence-electron chi connectivity index (χ1n) is 11.4. The Hall–Kier alpha value is -3.47. The molecule has 5 rings (SSSR count). The van der Waals surface area contributed by atoms with Gasteiger partial charge in [0.2, 0.25) is 0 Å². The van der Waals surface area contributed by atoms with Gasteiger partial charge in [0.25, 0.3) is 5.56 Å². The van der Waals surface area contributed by atoms with Gasteiger partial charge in [0.1, 0.15) is 17.3 Å². The minimum Gasteiger partial charge on any atom is -0.379 e. The molecule has 8 nitrogen and oxygen atoms in total. The summed E-state index contributed by atoms with van der Waals surface area (Å²) in [5.74, 6) is 0.423. The summed E-state index contributed by atoms with van der Waals surface area (Å²) in [5.41, 5.74) is 3.46. The second kappa shape index (κ2) is 10.9. The smallest absolute Gasteiger partial charge is 0.272 e. The molecule has 0 aliphatic carbocycles. The molecule has 0 atom stereocenters. The standard InChI is InChI=1S/C25H25FN6O2S/c26-19-2-4-20(5-3-19)35-31-23-14-18(15-29-25(23)33)17-1-6-21-22(13-17)30-24(16-28-21)27-7-8-32-9-11-34-12-10-32/h1-6,13-16,31H,7-12H2,(H,27,30)(H,29,33). The van der Waals surface area contributed by atoms with Crippen LogP contribution in [0.4, 0.5) is 15.9 Å². The van der Waals surface area contributed by atoms with Gasteiger partial charge in [0.15, 0.2) is 0 Å². The summed E-state index contributed by atoms with van der Waals surface area (Å²) in [6.45, 7) is 5.17. The van der Waals surface area contributed by atoms with Crippen molar-refractivity contribution in [2.75, 3.05) is 49.4 Å². The summed E-state index contributed by atoms with van der Waals surface area (Å²) in [5, 5.41) is 3.36. The Bertz CT molecular complexity index is 1360. The van der Waals surface area contributed by atoms with E-state index in [1.807, 2.05) is 18.2 Å². The molecule has 0 saturated carbocycles. The van der Waals surface area contributed by atoms with Crippen molar-refractivity contribution >= 4 is 34.5 Å². The largest absolute Gasteiger partial charge is 0.379 e. The zero-order chi connectivity index (χ0) is 24.0. The summed E-state index contributed by atoms with van der Waals surface area (Å²) < 4.78 is 21.6. The van der Waals surface area contributed by atoms with Gasteiger partial charge in [-0.1, -0.05) is 6.07 Å². The number of benzene rings is 2. The number of anilines is 2. The minimum absolute atomic E-state index is 0.240. The lowest BCUT2D eigenvalue weighted by Crippen LogP contribution is -2.39. The van der Waals surface area contributed by atoms with Gasteiger partial charge in [-0.25, -0.2) is 9.37 Å². The Morgan fingerprint density at radius 3 is 2.71 bits per heavy atom. The number of ether oxygens (including phenoxy) is 1. The molecule has 4 aromatic rings. The van der Waals surface area contributed by atoms with Crippen LogP contribution in [-0.2, 0) is 4.74 Å². The molecule has 35 heavy (non-hydrogen) atoms. The highest BCUT2D eigenvalue weighted by Gasteiger charge is 2.10. The van der Waals surface area contributed by atoms with Crippen molar-refractivity contribution in [2.24, 2.45) is 0 Å². The molecule has 0 spiro atoms. The van der Waals surface area contributed by atoms with E-state index < -0.39 is 0 Å². The zero-order valence-corrected chi connectivity index (χ0v) is 19.8. The minimum atomic E-state index is -0.302. The quantitative estimate of drug-likeness (QED) is 0.318. The number of rotatable bonds is 8. The van der Waals surface area contributed by atoms with Crippen LogP contribution in [0.2, 0.25) is 0 Å². The third kappa shape index (κ3) is 5.97. The molecule has 0 amide bonds. The molecule has 180 valence electrons. The highest BCUT2D eigenvalue weighted by molar-refractivity contribution is 8.00. The van der Waals surface area contributed by atoms with Gasteiger partial charge in [-0.15, -0.1) is 0 Å². The Balaban J connectivity index is 1.29. The molecule has 3 heterocycles. The Labute approximate surface area is 206 Å². The highest BCUT2D eigenvalue weighted by Crippen LogP contribution is 2.26. The third-order valence-corrected chi connectivity index (χ3v) is 6.54. The highest BCUT2D eigenvalue weighted by atomic mass is 32.2. The first-order chi connectivity index (χ1) is 17.1. The van der Waals surface area contributed by atoms with Crippen LogP contribution in [0.5, 0.6) is 0 Å². The Kier molecular flexibility index (Phi) is 7.22. The van der Waals surface area contributed by atoms with Crippen LogP contribution in [-0.4, -0.2) is 59.2 Å². The molecule has 0 bridgehead atoms. The average molecular weight is 493 g/mol. The topological polar surface area (TPSA) is 95.2 Å². The predicted octanol–water partition coefficient (Wildman–Crippen LogP) is 3.99. The van der Waals surface area contributed by atoms with E-state index in [4.69, 9.17) is 9.72 Å². The number of hydrogen-bond acceptors (Lipinski definition) is 8. The first-order valence-corrected chi connectivity index (χ1v) is 12.2. The number of H-pyrrole nitrogens is 1. The molecule has 2 aromatic carbocycles. The summed E-state index contributed by atoms with van der Waals surface area (Å²) in [4.78, 5) is 27.5. The van der Waals surface area contributed by atoms with Gasteiger partial charge in [-0.2, -0.15) is 0 Å². The van der Waals surface area contributed by atoms with Crippen LogP contribution in [0.15, 0.2) is 70.6 Å². The van der Waals surface area contributed by atoms with Crippen LogP contribution >= 0.6 is 11.9 Å². The molecule has 3 N–H and O–H groups in total. The zero-order valence-electron chi connectivity index (χ0n) is 19.0. The van der Waals surface area contributed by atoms with Crippen molar-refractivity contribution in [3.63, 3.8) is 0 Å². The second-order valence-corrected chi connectivity index (χ2v) is 9.01. The predicted molar refractivity (Wildman–Crippen MR) is 137 cm³/mol. The lowest BCUT2D eigenvalue weighted by Gasteiger charge is -2.26.